The number of pyridine rings is 1. The van der Waals surface area contributed by atoms with Gasteiger partial charge in [0.05, 0.1) is 26.1 Å². The first-order valence-electron chi connectivity index (χ1n) is 11.9. The normalized spacial score (nSPS) is 14.3. The Labute approximate surface area is 217 Å². The predicted octanol–water partition coefficient (Wildman–Crippen LogP) is 4.64. The minimum absolute atomic E-state index is 0.0577. The van der Waals surface area contributed by atoms with Gasteiger partial charge in [-0.3, -0.25) is 9.20 Å². The number of likely N-dealkylation sites (tertiary alicyclic amines) is 1. The van der Waals surface area contributed by atoms with Crippen molar-refractivity contribution in [3.8, 4) is 22.8 Å². The van der Waals surface area contributed by atoms with Crippen molar-refractivity contribution in [2.45, 2.75) is 38.5 Å². The molecule has 1 fully saturated rings. The van der Waals surface area contributed by atoms with Gasteiger partial charge in [0.1, 0.15) is 34.9 Å². The largest absolute Gasteiger partial charge is 0.496 e. The van der Waals surface area contributed by atoms with Gasteiger partial charge in [0.15, 0.2) is 0 Å². The molecule has 1 saturated heterocycles. The van der Waals surface area contributed by atoms with Crippen LogP contribution in [0.3, 0.4) is 0 Å². The zero-order valence-electron chi connectivity index (χ0n) is 21.7. The predicted molar refractivity (Wildman–Crippen MR) is 133 cm³/mol. The van der Waals surface area contributed by atoms with Crippen LogP contribution in [0.4, 0.5) is 18.0 Å². The molecule has 0 bridgehead atoms. The number of nitrogens with one attached hydrogen (secondary N) is 1. The van der Waals surface area contributed by atoms with Crippen LogP contribution in [-0.4, -0.2) is 71.9 Å². The van der Waals surface area contributed by atoms with Gasteiger partial charge in [0.25, 0.3) is 5.91 Å². The van der Waals surface area contributed by atoms with Gasteiger partial charge in [-0.05, 0) is 50.6 Å². The van der Waals surface area contributed by atoms with Crippen LogP contribution >= 0.6 is 0 Å². The fraction of sp³-hybridized carbons (Fsp3) is 0.423. The minimum atomic E-state index is -4.56. The van der Waals surface area contributed by atoms with E-state index < -0.39 is 24.2 Å². The van der Waals surface area contributed by atoms with Crippen molar-refractivity contribution < 1.29 is 37.0 Å². The van der Waals surface area contributed by atoms with Gasteiger partial charge in [-0.1, -0.05) is 0 Å². The Morgan fingerprint density at radius 3 is 2.26 bits per heavy atom. The van der Waals surface area contributed by atoms with Crippen molar-refractivity contribution in [3.05, 3.63) is 47.8 Å². The lowest BCUT2D eigenvalue weighted by molar-refractivity contribution is -0.123. The van der Waals surface area contributed by atoms with E-state index >= 15 is 0 Å². The highest BCUT2D eigenvalue weighted by Gasteiger charge is 2.35. The Balaban J connectivity index is 1.57. The second kappa shape index (κ2) is 10.1. The Morgan fingerprint density at radius 1 is 1.08 bits per heavy atom. The van der Waals surface area contributed by atoms with Crippen LogP contribution in [0.25, 0.3) is 16.9 Å². The number of ether oxygens (including phenoxy) is 3. The molecule has 1 aliphatic heterocycles. The number of hydrogen-bond acceptors (Lipinski definition) is 6. The molecule has 0 radical (unpaired) electrons. The van der Waals surface area contributed by atoms with Gasteiger partial charge >= 0.3 is 12.3 Å². The van der Waals surface area contributed by atoms with Crippen molar-refractivity contribution in [1.29, 1.82) is 0 Å². The first-order chi connectivity index (χ1) is 17.8. The number of nitrogens with zero attached hydrogens (tertiary/aromatic N) is 3. The van der Waals surface area contributed by atoms with E-state index in [9.17, 15) is 22.8 Å². The molecule has 1 N–H and O–H groups in total. The van der Waals surface area contributed by atoms with Gasteiger partial charge in [-0.2, -0.15) is 13.2 Å². The van der Waals surface area contributed by atoms with E-state index in [0.29, 0.717) is 30.0 Å². The lowest BCUT2D eigenvalue weighted by Crippen LogP contribution is -2.50. The lowest BCUT2D eigenvalue weighted by atomic mass is 9.92. The summed E-state index contributed by atoms with van der Waals surface area (Å²) in [4.78, 5) is 30.9. The molecular formula is C26H29F3N4O5. The summed E-state index contributed by atoms with van der Waals surface area (Å²) in [6.45, 7) is 5.09. The van der Waals surface area contributed by atoms with Crippen molar-refractivity contribution in [3.63, 3.8) is 0 Å². The molecule has 4 rings (SSSR count). The Bertz CT molecular complexity index is 1330. The third-order valence-electron chi connectivity index (χ3n) is 6.02. The first-order valence-corrected chi connectivity index (χ1v) is 11.9. The van der Waals surface area contributed by atoms with E-state index in [4.69, 9.17) is 14.2 Å². The number of imidazole rings is 1. The highest BCUT2D eigenvalue weighted by molar-refractivity contribution is 6.00. The third-order valence-corrected chi connectivity index (χ3v) is 6.02. The molecule has 38 heavy (non-hydrogen) atoms. The smallest absolute Gasteiger partial charge is 0.410 e. The van der Waals surface area contributed by atoms with E-state index in [1.54, 1.807) is 23.2 Å². The molecule has 1 aliphatic rings. The summed E-state index contributed by atoms with van der Waals surface area (Å²) in [5.41, 5.74) is 2.25. The second-order valence-corrected chi connectivity index (χ2v) is 9.97. The van der Waals surface area contributed by atoms with E-state index in [2.05, 4.69) is 4.98 Å². The summed E-state index contributed by atoms with van der Waals surface area (Å²) in [5, 5.41) is 1.85. The maximum Gasteiger partial charge on any atom is 0.410 e. The van der Waals surface area contributed by atoms with E-state index in [0.717, 1.165) is 5.56 Å². The van der Waals surface area contributed by atoms with Crippen LogP contribution in [0.2, 0.25) is 0 Å². The van der Waals surface area contributed by atoms with Gasteiger partial charge in [-0.25, -0.2) is 9.78 Å². The highest BCUT2D eigenvalue weighted by Crippen LogP contribution is 2.36. The summed E-state index contributed by atoms with van der Waals surface area (Å²) in [6.07, 6.45) is -1.40. The zero-order valence-corrected chi connectivity index (χ0v) is 21.7. The fourth-order valence-electron chi connectivity index (χ4n) is 4.18. The van der Waals surface area contributed by atoms with Crippen molar-refractivity contribution in [2.24, 2.45) is 0 Å². The molecular weight excluding hydrogens is 505 g/mol. The third kappa shape index (κ3) is 5.79. The highest BCUT2D eigenvalue weighted by atomic mass is 19.4. The first kappa shape index (κ1) is 27.1. The number of fused-ring (bicyclic) bond motifs is 1. The number of methoxy groups -OCH3 is 2. The molecule has 2 amide bonds. The average Bonchev–Trinajstić information content (AvgIpc) is 3.22. The molecule has 0 saturated carbocycles. The van der Waals surface area contributed by atoms with E-state index in [1.807, 2.05) is 48.8 Å². The van der Waals surface area contributed by atoms with Crippen LogP contribution in [0.5, 0.6) is 11.5 Å². The fourth-order valence-corrected chi connectivity index (χ4v) is 4.18. The summed E-state index contributed by atoms with van der Waals surface area (Å²) in [5.74, 6) is -0.696. The topological polar surface area (TPSA) is 94.4 Å². The molecule has 3 aromatic rings. The summed E-state index contributed by atoms with van der Waals surface area (Å²) in [7, 11) is 2.64. The van der Waals surface area contributed by atoms with E-state index in [-0.39, 0.29) is 29.1 Å². The molecule has 0 spiro atoms. The maximum absolute atomic E-state index is 12.6. The average molecular weight is 535 g/mol. The van der Waals surface area contributed by atoms with Crippen molar-refractivity contribution >= 4 is 17.6 Å². The number of aromatic nitrogens is 2. The number of alkyl halides is 3. The number of amides is 2. The number of hydrogen-bond donors (Lipinski definition) is 1. The van der Waals surface area contributed by atoms with Crippen LogP contribution in [0.1, 0.15) is 42.6 Å². The van der Waals surface area contributed by atoms with Crippen LogP contribution < -0.4 is 14.8 Å². The number of carbonyl (C=O) groups is 2. The second-order valence-electron chi connectivity index (χ2n) is 9.97. The molecule has 0 atom stereocenters. The Kier molecular flexibility index (Phi) is 7.18. The molecule has 1 aromatic carbocycles. The number of rotatable bonds is 6. The molecule has 0 aliphatic carbocycles. The summed E-state index contributed by atoms with van der Waals surface area (Å²) < 4.78 is 55.7. The summed E-state index contributed by atoms with van der Waals surface area (Å²) >= 11 is 0. The van der Waals surface area contributed by atoms with Crippen molar-refractivity contribution in [1.82, 2.24) is 19.6 Å². The summed E-state index contributed by atoms with van der Waals surface area (Å²) in [6, 6.07) is 6.98. The molecule has 3 heterocycles. The van der Waals surface area contributed by atoms with Crippen LogP contribution in [0, 0.1) is 0 Å². The number of benzene rings is 1. The number of halogens is 3. The minimum Gasteiger partial charge on any atom is -0.496 e. The van der Waals surface area contributed by atoms with Gasteiger partial charge in [-0.15, -0.1) is 0 Å². The molecule has 204 valence electrons. The number of carbonyl (C=O) groups excluding carboxylic acids is 2. The van der Waals surface area contributed by atoms with Crippen LogP contribution in [0.15, 0.2) is 36.7 Å². The van der Waals surface area contributed by atoms with E-state index in [1.165, 1.54) is 14.2 Å². The molecule has 0 unspecified atom stereocenters. The van der Waals surface area contributed by atoms with Crippen molar-refractivity contribution in [2.75, 3.05) is 33.9 Å². The van der Waals surface area contributed by atoms with Gasteiger partial charge in [0.2, 0.25) is 0 Å². The molecule has 9 nitrogen and oxygen atoms in total. The molecule has 12 heteroatoms. The standard InChI is InChI=1S/C26H29F3N4O5/c1-25(2,3)38-24(35)32-12-17(13-32)15-6-7-33-18(11-30-21(33)10-15)16-8-19(36-4)22(20(9-16)37-5)23(34)31-14-26(27,28)29/h6-11,17H,12-14H2,1-5H3,(H,31,34). The molecule has 2 aromatic heterocycles. The van der Waals surface area contributed by atoms with Gasteiger partial charge < -0.3 is 24.4 Å². The monoisotopic (exact) mass is 534 g/mol. The SMILES string of the molecule is COc1cc(-c2cnc3cc(C4CN(C(=O)OC(C)(C)C)C4)ccn23)cc(OC)c1C(=O)NCC(F)(F)F. The zero-order chi connectivity index (χ0) is 27.8. The van der Waals surface area contributed by atoms with Gasteiger partial charge in [0, 0.05) is 30.8 Å². The maximum atomic E-state index is 12.6. The Hall–Kier alpha value is -3.96. The quantitative estimate of drug-likeness (QED) is 0.495. The Morgan fingerprint density at radius 2 is 1.71 bits per heavy atom. The lowest BCUT2D eigenvalue weighted by Gasteiger charge is -2.40. The van der Waals surface area contributed by atoms with Crippen LogP contribution in [-0.2, 0) is 4.74 Å².